The standard InChI is InChI=1S/C17H27FO3S/c1-3-4-5-6-7-8-9-16(18)14-21-22(19,20)17-12-10-15(2)11-13-17/h10-13,16H,3-9,14H2,1-2H3. The van der Waals surface area contributed by atoms with Crippen molar-refractivity contribution in [2.75, 3.05) is 6.61 Å². The van der Waals surface area contributed by atoms with E-state index in [1.807, 2.05) is 6.92 Å². The average molecular weight is 330 g/mol. The van der Waals surface area contributed by atoms with Crippen LogP contribution in [0.3, 0.4) is 0 Å². The number of aryl methyl sites for hydroxylation is 1. The molecule has 0 fully saturated rings. The van der Waals surface area contributed by atoms with Crippen molar-refractivity contribution in [2.24, 2.45) is 0 Å². The summed E-state index contributed by atoms with van der Waals surface area (Å²) in [5.41, 5.74) is 0.963. The molecule has 0 aliphatic heterocycles. The molecule has 0 spiro atoms. The predicted molar refractivity (Wildman–Crippen MR) is 87.2 cm³/mol. The van der Waals surface area contributed by atoms with E-state index in [1.54, 1.807) is 12.1 Å². The van der Waals surface area contributed by atoms with Gasteiger partial charge < -0.3 is 0 Å². The molecule has 0 saturated carbocycles. The second-order valence-corrected chi connectivity index (χ2v) is 7.32. The van der Waals surface area contributed by atoms with Gasteiger partial charge in [0, 0.05) is 0 Å². The molecule has 0 bridgehead atoms. The molecule has 1 rings (SSSR count). The minimum atomic E-state index is -3.85. The second kappa shape index (κ2) is 9.95. The van der Waals surface area contributed by atoms with Crippen molar-refractivity contribution in [3.8, 4) is 0 Å². The molecule has 0 N–H and O–H groups in total. The van der Waals surface area contributed by atoms with Crippen LogP contribution in [0, 0.1) is 6.92 Å². The molecule has 1 aromatic carbocycles. The number of rotatable bonds is 11. The fraction of sp³-hybridized carbons (Fsp3) is 0.647. The highest BCUT2D eigenvalue weighted by Crippen LogP contribution is 2.16. The second-order valence-electron chi connectivity index (χ2n) is 5.71. The molecule has 5 heteroatoms. The highest BCUT2D eigenvalue weighted by Gasteiger charge is 2.17. The lowest BCUT2D eigenvalue weighted by atomic mass is 10.1. The number of halogens is 1. The first-order valence-corrected chi connectivity index (χ1v) is 9.46. The lowest BCUT2D eigenvalue weighted by molar-refractivity contribution is 0.188. The van der Waals surface area contributed by atoms with Gasteiger partial charge in [0.25, 0.3) is 10.1 Å². The largest absolute Gasteiger partial charge is 0.297 e. The third-order valence-corrected chi connectivity index (χ3v) is 4.88. The average Bonchev–Trinajstić information content (AvgIpc) is 2.49. The molecule has 1 unspecified atom stereocenters. The van der Waals surface area contributed by atoms with E-state index in [2.05, 4.69) is 6.92 Å². The lowest BCUT2D eigenvalue weighted by Gasteiger charge is -2.10. The van der Waals surface area contributed by atoms with Crippen LogP contribution in [0.1, 0.15) is 57.4 Å². The first-order chi connectivity index (χ1) is 10.5. The van der Waals surface area contributed by atoms with Crippen LogP contribution in [-0.4, -0.2) is 21.2 Å². The summed E-state index contributed by atoms with van der Waals surface area (Å²) in [4.78, 5) is 0.0739. The van der Waals surface area contributed by atoms with Crippen LogP contribution >= 0.6 is 0 Å². The van der Waals surface area contributed by atoms with Gasteiger partial charge in [0.05, 0.1) is 11.5 Å². The molecular weight excluding hydrogens is 303 g/mol. The fourth-order valence-corrected chi connectivity index (χ4v) is 3.10. The molecule has 0 heterocycles. The van der Waals surface area contributed by atoms with E-state index in [-0.39, 0.29) is 4.90 Å². The Bertz CT molecular complexity index is 511. The molecule has 126 valence electrons. The highest BCUT2D eigenvalue weighted by atomic mass is 32.2. The quantitative estimate of drug-likeness (QED) is 0.433. The normalized spacial score (nSPS) is 13.2. The van der Waals surface area contributed by atoms with Gasteiger partial charge in [-0.15, -0.1) is 0 Å². The molecule has 0 aromatic heterocycles. The number of alkyl halides is 1. The SMILES string of the molecule is CCCCCCCCC(F)COS(=O)(=O)c1ccc(C)cc1. The van der Waals surface area contributed by atoms with Gasteiger partial charge in [-0.25, -0.2) is 4.39 Å². The Morgan fingerprint density at radius 1 is 1.05 bits per heavy atom. The maximum atomic E-state index is 13.7. The molecule has 22 heavy (non-hydrogen) atoms. The van der Waals surface area contributed by atoms with Crippen LogP contribution in [0.25, 0.3) is 0 Å². The Morgan fingerprint density at radius 3 is 2.27 bits per heavy atom. The van der Waals surface area contributed by atoms with Crippen LogP contribution in [0.2, 0.25) is 0 Å². The number of hydrogen-bond donors (Lipinski definition) is 0. The minimum absolute atomic E-state index is 0.0739. The van der Waals surface area contributed by atoms with E-state index in [9.17, 15) is 12.8 Å². The Kier molecular flexibility index (Phi) is 8.64. The smallest absolute Gasteiger partial charge is 0.263 e. The minimum Gasteiger partial charge on any atom is -0.263 e. The van der Waals surface area contributed by atoms with Gasteiger partial charge in [0.15, 0.2) is 0 Å². The van der Waals surface area contributed by atoms with Crippen molar-refractivity contribution in [1.29, 1.82) is 0 Å². The maximum Gasteiger partial charge on any atom is 0.297 e. The van der Waals surface area contributed by atoms with Crippen LogP contribution in [0.4, 0.5) is 4.39 Å². The van der Waals surface area contributed by atoms with E-state index in [4.69, 9.17) is 4.18 Å². The fourth-order valence-electron chi connectivity index (χ4n) is 2.17. The van der Waals surface area contributed by atoms with Crippen LogP contribution in [-0.2, 0) is 14.3 Å². The number of hydrogen-bond acceptors (Lipinski definition) is 3. The maximum absolute atomic E-state index is 13.7. The van der Waals surface area contributed by atoms with Gasteiger partial charge in [0.2, 0.25) is 0 Å². The number of benzene rings is 1. The van der Waals surface area contributed by atoms with Gasteiger partial charge in [0.1, 0.15) is 6.17 Å². The van der Waals surface area contributed by atoms with E-state index >= 15 is 0 Å². The molecule has 0 radical (unpaired) electrons. The summed E-state index contributed by atoms with van der Waals surface area (Å²) >= 11 is 0. The van der Waals surface area contributed by atoms with Gasteiger partial charge in [-0.2, -0.15) is 8.42 Å². The summed E-state index contributed by atoms with van der Waals surface area (Å²) in [7, 11) is -3.85. The zero-order valence-electron chi connectivity index (χ0n) is 13.6. The molecule has 1 atom stereocenters. The van der Waals surface area contributed by atoms with Gasteiger partial charge in [-0.1, -0.05) is 63.1 Å². The predicted octanol–water partition coefficient (Wildman–Crippen LogP) is 4.79. The van der Waals surface area contributed by atoms with Gasteiger partial charge in [-0.3, -0.25) is 4.18 Å². The summed E-state index contributed by atoms with van der Waals surface area (Å²) in [6.07, 6.45) is 5.60. The van der Waals surface area contributed by atoms with Crippen molar-refractivity contribution in [2.45, 2.75) is 69.9 Å². The Hall–Kier alpha value is -0.940. The van der Waals surface area contributed by atoms with Crippen molar-refractivity contribution in [3.05, 3.63) is 29.8 Å². The first-order valence-electron chi connectivity index (χ1n) is 8.06. The van der Waals surface area contributed by atoms with Crippen molar-refractivity contribution < 1.29 is 17.0 Å². The first kappa shape index (κ1) is 19.1. The summed E-state index contributed by atoms with van der Waals surface area (Å²) in [5.74, 6) is 0. The van der Waals surface area contributed by atoms with Crippen molar-refractivity contribution in [1.82, 2.24) is 0 Å². The van der Waals surface area contributed by atoms with E-state index in [0.29, 0.717) is 6.42 Å². The molecule has 0 amide bonds. The topological polar surface area (TPSA) is 43.4 Å². The lowest BCUT2D eigenvalue weighted by Crippen LogP contribution is -2.15. The van der Waals surface area contributed by atoms with Crippen molar-refractivity contribution in [3.63, 3.8) is 0 Å². The summed E-state index contributed by atoms with van der Waals surface area (Å²) in [5, 5.41) is 0. The molecule has 0 saturated heterocycles. The molecule has 0 aliphatic carbocycles. The molecule has 1 aromatic rings. The van der Waals surface area contributed by atoms with Gasteiger partial charge in [-0.05, 0) is 25.5 Å². The third kappa shape index (κ3) is 7.36. The van der Waals surface area contributed by atoms with Gasteiger partial charge >= 0.3 is 0 Å². The molecule has 0 aliphatic rings. The van der Waals surface area contributed by atoms with Crippen LogP contribution in [0.15, 0.2) is 29.2 Å². The monoisotopic (exact) mass is 330 g/mol. The zero-order chi connectivity index (χ0) is 16.4. The zero-order valence-corrected chi connectivity index (χ0v) is 14.4. The Morgan fingerprint density at radius 2 is 1.64 bits per heavy atom. The Labute approximate surface area is 134 Å². The van der Waals surface area contributed by atoms with Crippen molar-refractivity contribution >= 4 is 10.1 Å². The van der Waals surface area contributed by atoms with E-state index < -0.39 is 22.9 Å². The van der Waals surface area contributed by atoms with Crippen LogP contribution < -0.4 is 0 Å². The summed E-state index contributed by atoms with van der Waals surface area (Å²) in [6.45, 7) is 3.63. The van der Waals surface area contributed by atoms with E-state index in [1.165, 1.54) is 31.4 Å². The highest BCUT2D eigenvalue weighted by molar-refractivity contribution is 7.86. The Balaban J connectivity index is 2.28. The molecular formula is C17H27FO3S. The molecule has 3 nitrogen and oxygen atoms in total. The summed E-state index contributed by atoms with van der Waals surface area (Å²) in [6, 6.07) is 6.34. The van der Waals surface area contributed by atoms with E-state index in [0.717, 1.165) is 24.8 Å². The summed E-state index contributed by atoms with van der Waals surface area (Å²) < 4.78 is 42.3. The number of unbranched alkanes of at least 4 members (excludes halogenated alkanes) is 5. The third-order valence-electron chi connectivity index (χ3n) is 3.58. The van der Waals surface area contributed by atoms with Crippen LogP contribution in [0.5, 0.6) is 0 Å².